The lowest BCUT2D eigenvalue weighted by molar-refractivity contribution is 0.133. The highest BCUT2D eigenvalue weighted by Crippen LogP contribution is 2.40. The van der Waals surface area contributed by atoms with Crippen molar-refractivity contribution >= 4 is 7.60 Å². The Kier molecular flexibility index (Phi) is 3.42. The summed E-state index contributed by atoms with van der Waals surface area (Å²) in [6.45, 7) is 9.35. The molecule has 0 saturated carbocycles. The normalized spacial score (nSPS) is 29.1. The van der Waals surface area contributed by atoms with E-state index in [0.29, 0.717) is 0 Å². The molecule has 0 spiro atoms. The van der Waals surface area contributed by atoms with Crippen LogP contribution in [0, 0.1) is 0 Å². The van der Waals surface area contributed by atoms with Gasteiger partial charge in [-0.25, -0.2) is 0 Å². The average Bonchev–Trinajstić information content (AvgIpc) is 2.29. The first-order valence-electron chi connectivity index (χ1n) is 4.92. The summed E-state index contributed by atoms with van der Waals surface area (Å²) < 4.78 is 16.1. The smallest absolute Gasteiger partial charge is 0.324 e. The predicted octanol–water partition coefficient (Wildman–Crippen LogP) is 1.69. The highest BCUT2D eigenvalue weighted by molar-refractivity contribution is 7.51. The Labute approximate surface area is 85.8 Å². The minimum Gasteiger partial charge on any atom is -0.324 e. The zero-order chi connectivity index (χ0) is 11.0. The Morgan fingerprint density at radius 1 is 1.50 bits per heavy atom. The average molecular weight is 221 g/mol. The topological polar surface area (TPSA) is 49.8 Å². The molecule has 0 aromatic rings. The molecule has 0 radical (unpaired) electrons. The first-order chi connectivity index (χ1) is 6.18. The molecule has 1 N–H and O–H groups in total. The third kappa shape index (κ3) is 3.70. The number of hydrogen-bond acceptors (Lipinski definition) is 3. The van der Waals surface area contributed by atoms with Crippen LogP contribution < -0.4 is 0 Å². The molecule has 1 fully saturated rings. The molecular formula is C9H20NO3P. The van der Waals surface area contributed by atoms with Gasteiger partial charge in [0.15, 0.2) is 0 Å². The summed E-state index contributed by atoms with van der Waals surface area (Å²) in [4.78, 5) is 11.4. The Morgan fingerprint density at radius 3 is 2.43 bits per heavy atom. The molecule has 84 valence electrons. The van der Waals surface area contributed by atoms with Crippen LogP contribution in [0.5, 0.6) is 0 Å². The zero-order valence-electron chi connectivity index (χ0n) is 9.36. The monoisotopic (exact) mass is 221 g/mol. The predicted molar refractivity (Wildman–Crippen MR) is 56.6 cm³/mol. The Hall–Kier alpha value is 0.110. The van der Waals surface area contributed by atoms with Gasteiger partial charge in [-0.05, 0) is 27.2 Å². The van der Waals surface area contributed by atoms with Crippen LogP contribution in [0.25, 0.3) is 0 Å². The van der Waals surface area contributed by atoms with E-state index >= 15 is 0 Å². The SMILES string of the molecule is CC(C)(C)N1CC[C@H](OP(C)(=O)O)C1. The summed E-state index contributed by atoms with van der Waals surface area (Å²) in [5.74, 6) is 0. The molecule has 1 aliphatic rings. The molecule has 1 saturated heterocycles. The van der Waals surface area contributed by atoms with Gasteiger partial charge in [-0.3, -0.25) is 9.46 Å². The lowest BCUT2D eigenvalue weighted by Crippen LogP contribution is -2.40. The maximum atomic E-state index is 11.0. The quantitative estimate of drug-likeness (QED) is 0.721. The summed E-state index contributed by atoms with van der Waals surface area (Å²) in [5, 5.41) is 0. The third-order valence-electron chi connectivity index (χ3n) is 2.44. The summed E-state index contributed by atoms with van der Waals surface area (Å²) in [6, 6.07) is 0. The van der Waals surface area contributed by atoms with Gasteiger partial charge in [0, 0.05) is 25.3 Å². The standard InChI is InChI=1S/C9H20NO3P/c1-9(2,3)10-6-5-8(7-10)13-14(4,11)12/h8H,5-7H2,1-4H3,(H,11,12)/t8-/m0/s1. The highest BCUT2D eigenvalue weighted by atomic mass is 31.2. The van der Waals surface area contributed by atoms with Crippen LogP contribution in [-0.4, -0.2) is 41.2 Å². The Bertz CT molecular complexity index is 243. The highest BCUT2D eigenvalue weighted by Gasteiger charge is 2.33. The molecule has 0 aromatic heterocycles. The van der Waals surface area contributed by atoms with Crippen molar-refractivity contribution < 1.29 is 14.0 Å². The molecule has 5 heteroatoms. The van der Waals surface area contributed by atoms with Crippen LogP contribution in [0.1, 0.15) is 27.2 Å². The van der Waals surface area contributed by atoms with E-state index in [9.17, 15) is 4.57 Å². The Balaban J connectivity index is 2.46. The number of hydrogen-bond donors (Lipinski definition) is 1. The molecule has 2 atom stereocenters. The number of likely N-dealkylation sites (tertiary alicyclic amines) is 1. The first kappa shape index (κ1) is 12.2. The van der Waals surface area contributed by atoms with Gasteiger partial charge in [0.1, 0.15) is 0 Å². The van der Waals surface area contributed by atoms with Crippen molar-refractivity contribution in [2.45, 2.75) is 38.8 Å². The van der Waals surface area contributed by atoms with Gasteiger partial charge in [-0.15, -0.1) is 0 Å². The van der Waals surface area contributed by atoms with Crippen LogP contribution in [0.15, 0.2) is 0 Å². The molecule has 1 heterocycles. The molecule has 4 nitrogen and oxygen atoms in total. The summed E-state index contributed by atoms with van der Waals surface area (Å²) in [7, 11) is -3.32. The molecule has 14 heavy (non-hydrogen) atoms. The van der Waals surface area contributed by atoms with Crippen molar-refractivity contribution in [3.63, 3.8) is 0 Å². The van der Waals surface area contributed by atoms with Gasteiger partial charge < -0.3 is 9.42 Å². The van der Waals surface area contributed by atoms with Gasteiger partial charge in [-0.2, -0.15) is 0 Å². The van der Waals surface area contributed by atoms with Crippen LogP contribution in [0.2, 0.25) is 0 Å². The fourth-order valence-corrected chi connectivity index (χ4v) is 2.43. The zero-order valence-corrected chi connectivity index (χ0v) is 10.3. The molecular weight excluding hydrogens is 201 g/mol. The minimum absolute atomic E-state index is 0.0879. The van der Waals surface area contributed by atoms with Crippen molar-refractivity contribution in [3.05, 3.63) is 0 Å². The summed E-state index contributed by atoms with van der Waals surface area (Å²) in [6.07, 6.45) is 0.755. The fourth-order valence-electron chi connectivity index (χ4n) is 1.70. The lowest BCUT2D eigenvalue weighted by Gasteiger charge is -2.31. The molecule has 0 aliphatic carbocycles. The van der Waals surface area contributed by atoms with Gasteiger partial charge in [-0.1, -0.05) is 0 Å². The number of rotatable bonds is 2. The second-order valence-electron chi connectivity index (χ2n) is 4.94. The maximum Gasteiger partial charge on any atom is 0.325 e. The third-order valence-corrected chi connectivity index (χ3v) is 3.13. The van der Waals surface area contributed by atoms with E-state index in [0.717, 1.165) is 19.5 Å². The van der Waals surface area contributed by atoms with Crippen LogP contribution in [-0.2, 0) is 9.09 Å². The number of nitrogens with zero attached hydrogens (tertiary/aromatic N) is 1. The van der Waals surface area contributed by atoms with E-state index in [1.54, 1.807) is 0 Å². The minimum atomic E-state index is -3.32. The second-order valence-corrected chi connectivity index (χ2v) is 6.75. The largest absolute Gasteiger partial charge is 0.325 e. The van der Waals surface area contributed by atoms with E-state index in [-0.39, 0.29) is 11.6 Å². The van der Waals surface area contributed by atoms with Crippen molar-refractivity contribution in [3.8, 4) is 0 Å². The van der Waals surface area contributed by atoms with Crippen molar-refractivity contribution in [2.24, 2.45) is 0 Å². The van der Waals surface area contributed by atoms with E-state index in [2.05, 4.69) is 25.7 Å². The van der Waals surface area contributed by atoms with E-state index in [4.69, 9.17) is 9.42 Å². The van der Waals surface area contributed by atoms with E-state index in [1.807, 2.05) is 0 Å². The summed E-state index contributed by atoms with van der Waals surface area (Å²) >= 11 is 0. The van der Waals surface area contributed by atoms with Crippen molar-refractivity contribution in [2.75, 3.05) is 19.8 Å². The summed E-state index contributed by atoms with van der Waals surface area (Å²) in [5.41, 5.74) is 0.116. The van der Waals surface area contributed by atoms with Crippen LogP contribution >= 0.6 is 7.60 Å². The molecule has 1 aliphatic heterocycles. The van der Waals surface area contributed by atoms with Gasteiger partial charge in [0.25, 0.3) is 0 Å². The lowest BCUT2D eigenvalue weighted by atomic mass is 10.1. The molecule has 0 aromatic carbocycles. The first-order valence-corrected chi connectivity index (χ1v) is 6.95. The van der Waals surface area contributed by atoms with Gasteiger partial charge in [0.05, 0.1) is 6.10 Å². The van der Waals surface area contributed by atoms with Gasteiger partial charge in [0.2, 0.25) is 0 Å². The van der Waals surface area contributed by atoms with Crippen molar-refractivity contribution in [1.82, 2.24) is 4.90 Å². The molecule has 1 rings (SSSR count). The van der Waals surface area contributed by atoms with Crippen molar-refractivity contribution in [1.29, 1.82) is 0 Å². The molecule has 0 amide bonds. The maximum absolute atomic E-state index is 11.0. The van der Waals surface area contributed by atoms with E-state index in [1.165, 1.54) is 6.66 Å². The Morgan fingerprint density at radius 2 is 2.07 bits per heavy atom. The van der Waals surface area contributed by atoms with Crippen LogP contribution in [0.3, 0.4) is 0 Å². The molecule has 0 bridgehead atoms. The van der Waals surface area contributed by atoms with Crippen LogP contribution in [0.4, 0.5) is 0 Å². The second kappa shape index (κ2) is 3.93. The van der Waals surface area contributed by atoms with E-state index < -0.39 is 7.60 Å². The fraction of sp³-hybridized carbons (Fsp3) is 1.00. The van der Waals surface area contributed by atoms with Gasteiger partial charge >= 0.3 is 7.60 Å². The molecule has 1 unspecified atom stereocenters.